The lowest BCUT2D eigenvalue weighted by molar-refractivity contribution is -0.127. The van der Waals surface area contributed by atoms with E-state index in [0.29, 0.717) is 18.7 Å². The molecule has 0 bridgehead atoms. The number of likely N-dealkylation sites (tertiary alicyclic amines) is 2. The van der Waals surface area contributed by atoms with Gasteiger partial charge in [-0.3, -0.25) is 9.59 Å². The minimum atomic E-state index is -0.341. The highest BCUT2D eigenvalue weighted by Crippen LogP contribution is 2.29. The predicted octanol–water partition coefficient (Wildman–Crippen LogP) is 2.53. The average molecular weight is 357 g/mol. The first-order chi connectivity index (χ1) is 12.5. The van der Waals surface area contributed by atoms with Crippen LogP contribution < -0.4 is 5.32 Å². The van der Waals surface area contributed by atoms with Crippen molar-refractivity contribution in [1.82, 2.24) is 15.1 Å². The van der Waals surface area contributed by atoms with Gasteiger partial charge in [0.15, 0.2) is 0 Å². The number of rotatable bonds is 4. The van der Waals surface area contributed by atoms with E-state index in [4.69, 9.17) is 0 Å². The lowest BCUT2D eigenvalue weighted by Crippen LogP contribution is -2.53. The molecule has 2 aliphatic heterocycles. The molecule has 2 amide bonds. The lowest BCUT2D eigenvalue weighted by Gasteiger charge is -2.39. The minimum Gasteiger partial charge on any atom is -0.354 e. The highest BCUT2D eigenvalue weighted by Gasteiger charge is 2.34. The van der Waals surface area contributed by atoms with E-state index in [1.165, 1.54) is 0 Å². The second-order valence-electron chi connectivity index (χ2n) is 8.21. The zero-order valence-electron chi connectivity index (χ0n) is 16.0. The van der Waals surface area contributed by atoms with Gasteiger partial charge in [-0.05, 0) is 69.8 Å². The van der Waals surface area contributed by atoms with Gasteiger partial charge in [-0.1, -0.05) is 25.1 Å². The van der Waals surface area contributed by atoms with Crippen LogP contribution in [0.15, 0.2) is 30.3 Å². The third kappa shape index (κ3) is 4.44. The number of hydrogen-bond acceptors (Lipinski definition) is 3. The lowest BCUT2D eigenvalue weighted by atomic mass is 9.80. The summed E-state index contributed by atoms with van der Waals surface area (Å²) in [7, 11) is 2.15. The van der Waals surface area contributed by atoms with Gasteiger partial charge in [-0.15, -0.1) is 0 Å². The van der Waals surface area contributed by atoms with Crippen LogP contribution in [0.4, 0.5) is 0 Å². The van der Waals surface area contributed by atoms with E-state index < -0.39 is 0 Å². The van der Waals surface area contributed by atoms with E-state index in [1.54, 1.807) is 4.90 Å². The maximum atomic E-state index is 12.9. The number of hydrogen-bond donors (Lipinski definition) is 1. The van der Waals surface area contributed by atoms with Crippen molar-refractivity contribution in [1.29, 1.82) is 0 Å². The van der Waals surface area contributed by atoms with Gasteiger partial charge in [0.1, 0.15) is 6.04 Å². The summed E-state index contributed by atoms with van der Waals surface area (Å²) in [6, 6.07) is 8.95. The Morgan fingerprint density at radius 1 is 1.12 bits per heavy atom. The summed E-state index contributed by atoms with van der Waals surface area (Å²) in [5, 5.41) is 3.16. The summed E-state index contributed by atoms with van der Waals surface area (Å²) in [5.74, 6) is -0.0231. The Hall–Kier alpha value is -1.88. The van der Waals surface area contributed by atoms with Crippen molar-refractivity contribution in [3.63, 3.8) is 0 Å². The minimum absolute atomic E-state index is 0.00846. The van der Waals surface area contributed by atoms with Crippen LogP contribution in [-0.2, 0) is 4.79 Å². The van der Waals surface area contributed by atoms with Gasteiger partial charge in [0.2, 0.25) is 5.91 Å². The van der Waals surface area contributed by atoms with Crippen LogP contribution in [0.5, 0.6) is 0 Å². The van der Waals surface area contributed by atoms with E-state index in [1.807, 2.05) is 30.3 Å². The molecule has 2 fully saturated rings. The standard InChI is InChI=1S/C21H31N3O2/c1-21(11-14-23(2)15-12-21)16-22-19(25)18-10-6-7-13-24(18)20(26)17-8-4-3-5-9-17/h3-5,8-9,18H,6-7,10-16H2,1-2H3,(H,22,25). The third-order valence-corrected chi connectivity index (χ3v) is 5.97. The summed E-state index contributed by atoms with van der Waals surface area (Å²) >= 11 is 0. The molecule has 1 aromatic rings. The Kier molecular flexibility index (Phi) is 5.97. The largest absolute Gasteiger partial charge is 0.354 e. The van der Waals surface area contributed by atoms with Crippen LogP contribution in [0.3, 0.4) is 0 Å². The number of carbonyl (C=O) groups is 2. The van der Waals surface area contributed by atoms with Crippen molar-refractivity contribution in [3.8, 4) is 0 Å². The molecular formula is C21H31N3O2. The average Bonchev–Trinajstić information content (AvgIpc) is 2.69. The van der Waals surface area contributed by atoms with Gasteiger partial charge in [0.25, 0.3) is 5.91 Å². The monoisotopic (exact) mass is 357 g/mol. The molecule has 0 radical (unpaired) electrons. The molecule has 0 aliphatic carbocycles. The summed E-state index contributed by atoms with van der Waals surface area (Å²) < 4.78 is 0. The highest BCUT2D eigenvalue weighted by atomic mass is 16.2. The second kappa shape index (κ2) is 8.21. The molecule has 1 unspecified atom stereocenters. The third-order valence-electron chi connectivity index (χ3n) is 5.97. The molecule has 142 valence electrons. The van der Waals surface area contributed by atoms with E-state index in [2.05, 4.69) is 24.2 Å². The summed E-state index contributed by atoms with van der Waals surface area (Å²) in [4.78, 5) is 29.8. The normalized spacial score (nSPS) is 23.5. The number of benzene rings is 1. The number of nitrogens with zero attached hydrogens (tertiary/aromatic N) is 2. The molecule has 2 aliphatic rings. The summed E-state index contributed by atoms with van der Waals surface area (Å²) in [6.07, 6.45) is 4.91. The predicted molar refractivity (Wildman–Crippen MR) is 103 cm³/mol. The summed E-state index contributed by atoms with van der Waals surface area (Å²) in [6.45, 7) is 5.77. The molecule has 5 heteroatoms. The van der Waals surface area contributed by atoms with E-state index in [9.17, 15) is 9.59 Å². The molecule has 0 saturated carbocycles. The maximum absolute atomic E-state index is 12.9. The first-order valence-corrected chi connectivity index (χ1v) is 9.81. The fourth-order valence-electron chi connectivity index (χ4n) is 3.95. The molecule has 2 saturated heterocycles. The molecule has 0 spiro atoms. The molecule has 2 heterocycles. The van der Waals surface area contributed by atoms with Gasteiger partial charge in [0.05, 0.1) is 0 Å². The SMILES string of the molecule is CN1CCC(C)(CNC(=O)C2CCCCN2C(=O)c2ccccc2)CC1. The second-order valence-corrected chi connectivity index (χ2v) is 8.21. The molecule has 26 heavy (non-hydrogen) atoms. The van der Waals surface area contributed by atoms with Crippen LogP contribution >= 0.6 is 0 Å². The van der Waals surface area contributed by atoms with Crippen LogP contribution in [0.25, 0.3) is 0 Å². The van der Waals surface area contributed by atoms with Gasteiger partial charge < -0.3 is 15.1 Å². The van der Waals surface area contributed by atoms with Crippen molar-refractivity contribution >= 4 is 11.8 Å². The van der Waals surface area contributed by atoms with Crippen LogP contribution in [0.1, 0.15) is 49.4 Å². The Labute approximate surface area is 156 Å². The van der Waals surface area contributed by atoms with Crippen molar-refractivity contribution in [2.75, 3.05) is 33.2 Å². The van der Waals surface area contributed by atoms with Gasteiger partial charge in [0, 0.05) is 18.7 Å². The fourth-order valence-corrected chi connectivity index (χ4v) is 3.95. The molecule has 0 aromatic heterocycles. The molecule has 1 atom stereocenters. The maximum Gasteiger partial charge on any atom is 0.254 e. The van der Waals surface area contributed by atoms with Gasteiger partial charge in [-0.2, -0.15) is 0 Å². The van der Waals surface area contributed by atoms with Crippen molar-refractivity contribution < 1.29 is 9.59 Å². The number of nitrogens with one attached hydrogen (secondary N) is 1. The van der Waals surface area contributed by atoms with Crippen LogP contribution in [0.2, 0.25) is 0 Å². The van der Waals surface area contributed by atoms with Gasteiger partial charge >= 0.3 is 0 Å². The Morgan fingerprint density at radius 3 is 2.50 bits per heavy atom. The summed E-state index contributed by atoms with van der Waals surface area (Å²) in [5.41, 5.74) is 0.819. The number of carbonyl (C=O) groups excluding carboxylic acids is 2. The highest BCUT2D eigenvalue weighted by molar-refractivity contribution is 5.97. The first kappa shape index (κ1) is 18.9. The van der Waals surface area contributed by atoms with E-state index >= 15 is 0 Å². The zero-order chi connectivity index (χ0) is 18.6. The van der Waals surface area contributed by atoms with Crippen LogP contribution in [-0.4, -0.2) is 60.9 Å². The van der Waals surface area contributed by atoms with E-state index in [-0.39, 0.29) is 23.3 Å². The quantitative estimate of drug-likeness (QED) is 0.901. The van der Waals surface area contributed by atoms with Gasteiger partial charge in [-0.25, -0.2) is 0 Å². The van der Waals surface area contributed by atoms with Crippen molar-refractivity contribution in [2.24, 2.45) is 5.41 Å². The van der Waals surface area contributed by atoms with Crippen LogP contribution in [0, 0.1) is 5.41 Å². The number of amides is 2. The molecular weight excluding hydrogens is 326 g/mol. The fraction of sp³-hybridized carbons (Fsp3) is 0.619. The Bertz CT molecular complexity index is 623. The van der Waals surface area contributed by atoms with Crippen molar-refractivity contribution in [2.45, 2.75) is 45.1 Å². The first-order valence-electron chi connectivity index (χ1n) is 9.81. The topological polar surface area (TPSA) is 52.7 Å². The molecule has 1 N–H and O–H groups in total. The molecule has 3 rings (SSSR count). The Balaban J connectivity index is 1.62. The molecule has 5 nitrogen and oxygen atoms in total. The van der Waals surface area contributed by atoms with Crippen molar-refractivity contribution in [3.05, 3.63) is 35.9 Å². The Morgan fingerprint density at radius 2 is 1.81 bits per heavy atom. The smallest absolute Gasteiger partial charge is 0.254 e. The molecule has 1 aromatic carbocycles. The zero-order valence-corrected chi connectivity index (χ0v) is 16.0. The van der Waals surface area contributed by atoms with E-state index in [0.717, 1.165) is 45.2 Å². The number of piperidine rings is 2.